The lowest BCUT2D eigenvalue weighted by Crippen LogP contribution is -2.39. The molecular weight excluding hydrogens is 268 g/mol. The SMILES string of the molecule is CCn1ncnc1CSCCC(NC(C)=O)C(=O)O. The van der Waals surface area contributed by atoms with Gasteiger partial charge in [-0.1, -0.05) is 0 Å². The number of carbonyl (C=O) groups excluding carboxylic acids is 1. The van der Waals surface area contributed by atoms with Gasteiger partial charge in [-0.2, -0.15) is 16.9 Å². The third-order valence-corrected chi connectivity index (χ3v) is 3.44. The molecule has 19 heavy (non-hydrogen) atoms. The number of carboxylic acid groups (broad SMARTS) is 1. The number of nitrogens with one attached hydrogen (secondary N) is 1. The molecule has 0 aliphatic carbocycles. The summed E-state index contributed by atoms with van der Waals surface area (Å²) >= 11 is 1.58. The summed E-state index contributed by atoms with van der Waals surface area (Å²) in [6.45, 7) is 4.06. The number of hydrogen-bond donors (Lipinski definition) is 2. The minimum atomic E-state index is -1.01. The summed E-state index contributed by atoms with van der Waals surface area (Å²) in [6, 6.07) is -0.825. The van der Waals surface area contributed by atoms with E-state index in [9.17, 15) is 9.59 Å². The fourth-order valence-corrected chi connectivity index (χ4v) is 2.48. The van der Waals surface area contributed by atoms with Gasteiger partial charge in [0.15, 0.2) is 0 Å². The van der Waals surface area contributed by atoms with Gasteiger partial charge in [-0.25, -0.2) is 14.5 Å². The van der Waals surface area contributed by atoms with Gasteiger partial charge < -0.3 is 10.4 Å². The van der Waals surface area contributed by atoms with Crippen molar-refractivity contribution in [3.8, 4) is 0 Å². The quantitative estimate of drug-likeness (QED) is 0.676. The zero-order valence-corrected chi connectivity index (χ0v) is 11.8. The minimum Gasteiger partial charge on any atom is -0.480 e. The number of hydrogen-bond acceptors (Lipinski definition) is 5. The molecule has 0 saturated carbocycles. The van der Waals surface area contributed by atoms with Crippen molar-refractivity contribution in [2.45, 2.75) is 38.6 Å². The molecule has 1 heterocycles. The van der Waals surface area contributed by atoms with Crippen LogP contribution in [0.15, 0.2) is 6.33 Å². The molecule has 1 unspecified atom stereocenters. The fourth-order valence-electron chi connectivity index (χ4n) is 1.53. The summed E-state index contributed by atoms with van der Waals surface area (Å²) < 4.78 is 1.80. The molecule has 0 fully saturated rings. The number of nitrogens with zero attached hydrogens (tertiary/aromatic N) is 3. The molecule has 0 spiro atoms. The van der Waals surface area contributed by atoms with Crippen molar-refractivity contribution >= 4 is 23.6 Å². The second-order valence-electron chi connectivity index (χ2n) is 3.92. The first-order valence-electron chi connectivity index (χ1n) is 5.99. The number of carboxylic acids is 1. The Balaban J connectivity index is 2.32. The van der Waals surface area contributed by atoms with Crippen LogP contribution in [-0.2, 0) is 21.9 Å². The van der Waals surface area contributed by atoms with Gasteiger partial charge in [-0.05, 0) is 19.1 Å². The van der Waals surface area contributed by atoms with E-state index in [1.54, 1.807) is 16.4 Å². The Bertz CT molecular complexity index is 435. The van der Waals surface area contributed by atoms with Crippen LogP contribution in [0.5, 0.6) is 0 Å². The minimum absolute atomic E-state index is 0.330. The first-order valence-corrected chi connectivity index (χ1v) is 7.14. The summed E-state index contributed by atoms with van der Waals surface area (Å²) in [6.07, 6.45) is 1.90. The van der Waals surface area contributed by atoms with E-state index in [1.807, 2.05) is 6.92 Å². The monoisotopic (exact) mass is 286 g/mol. The number of amides is 1. The van der Waals surface area contributed by atoms with E-state index in [0.717, 1.165) is 12.4 Å². The zero-order chi connectivity index (χ0) is 14.3. The molecule has 1 rings (SSSR count). The summed E-state index contributed by atoms with van der Waals surface area (Å²) in [5.74, 6) is 0.850. The lowest BCUT2D eigenvalue weighted by atomic mass is 10.2. The standard InChI is InChI=1S/C11H18N4O3S/c1-3-15-10(12-7-13-15)6-19-5-4-9(11(17)18)14-8(2)16/h7,9H,3-6H2,1-2H3,(H,14,16)(H,17,18). The van der Waals surface area contributed by atoms with Gasteiger partial charge in [-0.15, -0.1) is 0 Å². The average molecular weight is 286 g/mol. The van der Waals surface area contributed by atoms with Crippen molar-refractivity contribution in [3.05, 3.63) is 12.2 Å². The number of rotatable bonds is 8. The van der Waals surface area contributed by atoms with Crippen molar-refractivity contribution in [2.75, 3.05) is 5.75 Å². The van der Waals surface area contributed by atoms with Gasteiger partial charge in [0.25, 0.3) is 0 Å². The second-order valence-corrected chi connectivity index (χ2v) is 5.03. The topological polar surface area (TPSA) is 97.1 Å². The van der Waals surface area contributed by atoms with E-state index >= 15 is 0 Å². The van der Waals surface area contributed by atoms with Crippen LogP contribution in [-0.4, -0.2) is 43.5 Å². The van der Waals surface area contributed by atoms with Gasteiger partial charge in [-0.3, -0.25) is 4.79 Å². The molecule has 0 radical (unpaired) electrons. The van der Waals surface area contributed by atoms with E-state index < -0.39 is 12.0 Å². The van der Waals surface area contributed by atoms with Crippen LogP contribution in [0.25, 0.3) is 0 Å². The Kier molecular flexibility index (Phi) is 6.34. The highest BCUT2D eigenvalue weighted by molar-refractivity contribution is 7.98. The maximum absolute atomic E-state index is 10.9. The maximum Gasteiger partial charge on any atom is 0.326 e. The number of aryl methyl sites for hydroxylation is 1. The van der Waals surface area contributed by atoms with Crippen LogP contribution in [0.2, 0.25) is 0 Å². The Hall–Kier alpha value is -1.57. The van der Waals surface area contributed by atoms with Crippen molar-refractivity contribution in [1.82, 2.24) is 20.1 Å². The Morgan fingerprint density at radius 1 is 1.58 bits per heavy atom. The number of thioether (sulfide) groups is 1. The van der Waals surface area contributed by atoms with Crippen molar-refractivity contribution in [3.63, 3.8) is 0 Å². The van der Waals surface area contributed by atoms with Crippen LogP contribution in [0.3, 0.4) is 0 Å². The Morgan fingerprint density at radius 3 is 2.89 bits per heavy atom. The molecule has 7 nitrogen and oxygen atoms in total. The second kappa shape index (κ2) is 7.78. The molecule has 1 atom stereocenters. The van der Waals surface area contributed by atoms with Crippen LogP contribution in [0, 0.1) is 0 Å². The molecule has 1 aromatic rings. The molecule has 0 aliphatic heterocycles. The predicted molar refractivity (Wildman–Crippen MR) is 71.7 cm³/mol. The van der Waals surface area contributed by atoms with Gasteiger partial charge in [0.1, 0.15) is 18.2 Å². The largest absolute Gasteiger partial charge is 0.480 e. The third kappa shape index (κ3) is 5.29. The first-order chi connectivity index (χ1) is 9.04. The smallest absolute Gasteiger partial charge is 0.326 e. The number of aromatic nitrogens is 3. The molecule has 0 aliphatic rings. The molecule has 0 saturated heterocycles. The van der Waals surface area contributed by atoms with Crippen molar-refractivity contribution in [1.29, 1.82) is 0 Å². The molecular formula is C11H18N4O3S. The zero-order valence-electron chi connectivity index (χ0n) is 11.0. The molecule has 0 aromatic carbocycles. The average Bonchev–Trinajstić information content (AvgIpc) is 2.79. The van der Waals surface area contributed by atoms with E-state index in [4.69, 9.17) is 5.11 Å². The molecule has 106 valence electrons. The first kappa shape index (κ1) is 15.5. The van der Waals surface area contributed by atoms with Gasteiger partial charge in [0, 0.05) is 13.5 Å². The van der Waals surface area contributed by atoms with Crippen molar-refractivity contribution < 1.29 is 14.7 Å². The Labute approximate surface area is 115 Å². The van der Waals surface area contributed by atoms with E-state index in [-0.39, 0.29) is 5.91 Å². The summed E-state index contributed by atoms with van der Waals surface area (Å²) in [7, 11) is 0. The van der Waals surface area contributed by atoms with E-state index in [1.165, 1.54) is 13.3 Å². The number of carbonyl (C=O) groups is 2. The summed E-state index contributed by atoms with van der Waals surface area (Å²) in [5, 5.41) is 15.4. The predicted octanol–water partition coefficient (Wildman–Crippen LogP) is 0.511. The normalized spacial score (nSPS) is 12.1. The maximum atomic E-state index is 10.9. The van der Waals surface area contributed by atoms with Crippen LogP contribution >= 0.6 is 11.8 Å². The summed E-state index contributed by atoms with van der Waals surface area (Å²) in [4.78, 5) is 25.9. The number of aliphatic carboxylic acids is 1. The van der Waals surface area contributed by atoms with Gasteiger partial charge in [0.2, 0.25) is 5.91 Å². The highest BCUT2D eigenvalue weighted by Crippen LogP contribution is 2.12. The molecule has 1 aromatic heterocycles. The molecule has 2 N–H and O–H groups in total. The van der Waals surface area contributed by atoms with Crippen LogP contribution in [0.4, 0.5) is 0 Å². The summed E-state index contributed by atoms with van der Waals surface area (Å²) in [5.41, 5.74) is 0. The molecule has 1 amide bonds. The van der Waals surface area contributed by atoms with Crippen LogP contribution in [0.1, 0.15) is 26.1 Å². The van der Waals surface area contributed by atoms with Gasteiger partial charge in [0.05, 0.1) is 5.75 Å². The highest BCUT2D eigenvalue weighted by atomic mass is 32.2. The van der Waals surface area contributed by atoms with Crippen LogP contribution < -0.4 is 5.32 Å². The lowest BCUT2D eigenvalue weighted by Gasteiger charge is -2.12. The fraction of sp³-hybridized carbons (Fsp3) is 0.636. The van der Waals surface area contributed by atoms with E-state index in [0.29, 0.717) is 17.9 Å². The molecule has 0 bridgehead atoms. The van der Waals surface area contributed by atoms with E-state index in [2.05, 4.69) is 15.4 Å². The highest BCUT2D eigenvalue weighted by Gasteiger charge is 2.17. The third-order valence-electron chi connectivity index (χ3n) is 2.45. The lowest BCUT2D eigenvalue weighted by molar-refractivity contribution is -0.141. The van der Waals surface area contributed by atoms with Gasteiger partial charge >= 0.3 is 5.97 Å². The molecule has 8 heteroatoms. The van der Waals surface area contributed by atoms with Crippen molar-refractivity contribution in [2.24, 2.45) is 0 Å². The Morgan fingerprint density at radius 2 is 2.32 bits per heavy atom.